The first kappa shape index (κ1) is 16.2. The molecule has 1 atom stereocenters. The van der Waals surface area contributed by atoms with Crippen molar-refractivity contribution in [3.05, 3.63) is 35.9 Å². The van der Waals surface area contributed by atoms with Gasteiger partial charge in [-0.15, -0.1) is 0 Å². The van der Waals surface area contributed by atoms with Crippen LogP contribution in [0.3, 0.4) is 0 Å². The summed E-state index contributed by atoms with van der Waals surface area (Å²) in [7, 11) is 0. The first-order valence-corrected chi connectivity index (χ1v) is 7.72. The van der Waals surface area contributed by atoms with E-state index in [9.17, 15) is 0 Å². The van der Waals surface area contributed by atoms with Gasteiger partial charge in [0.25, 0.3) is 0 Å². The van der Waals surface area contributed by atoms with Crippen LogP contribution in [0.15, 0.2) is 30.3 Å². The Bertz CT molecular complexity index is 319. The average molecular weight is 262 g/mol. The van der Waals surface area contributed by atoms with Crippen LogP contribution in [0, 0.1) is 0 Å². The molecule has 0 spiro atoms. The summed E-state index contributed by atoms with van der Waals surface area (Å²) in [6.07, 6.45) is 8.04. The fourth-order valence-electron chi connectivity index (χ4n) is 2.30. The summed E-state index contributed by atoms with van der Waals surface area (Å²) in [4.78, 5) is 0. The lowest BCUT2D eigenvalue weighted by atomic mass is 9.93. The Morgan fingerprint density at radius 2 is 1.63 bits per heavy atom. The molecule has 0 aliphatic rings. The van der Waals surface area contributed by atoms with Crippen molar-refractivity contribution in [2.45, 2.75) is 57.9 Å². The lowest BCUT2D eigenvalue weighted by Crippen LogP contribution is -2.43. The van der Waals surface area contributed by atoms with Crippen molar-refractivity contribution in [3.63, 3.8) is 0 Å². The first-order chi connectivity index (χ1) is 9.17. The number of hydrogen-bond donors (Lipinski definition) is 2. The number of benzene rings is 1. The summed E-state index contributed by atoms with van der Waals surface area (Å²) in [5, 5.41) is 3.49. The molecule has 108 valence electrons. The van der Waals surface area contributed by atoms with Gasteiger partial charge in [0.05, 0.1) is 5.54 Å². The van der Waals surface area contributed by atoms with Crippen LogP contribution in [-0.2, 0) is 5.54 Å². The number of hydrogen-bond acceptors (Lipinski definition) is 2. The Morgan fingerprint density at radius 1 is 1.00 bits per heavy atom. The van der Waals surface area contributed by atoms with Crippen molar-refractivity contribution in [2.24, 2.45) is 5.73 Å². The summed E-state index contributed by atoms with van der Waals surface area (Å²) >= 11 is 0. The monoisotopic (exact) mass is 262 g/mol. The van der Waals surface area contributed by atoms with E-state index >= 15 is 0 Å². The van der Waals surface area contributed by atoms with Crippen LogP contribution >= 0.6 is 0 Å². The number of rotatable bonds is 10. The van der Waals surface area contributed by atoms with E-state index < -0.39 is 0 Å². The molecule has 1 unspecified atom stereocenters. The molecule has 0 heterocycles. The molecule has 0 saturated carbocycles. The Balaban J connectivity index is 2.12. The number of unbranched alkanes of at least 4 members (excludes halogenated alkanes) is 5. The van der Waals surface area contributed by atoms with Crippen molar-refractivity contribution in [3.8, 4) is 0 Å². The highest BCUT2D eigenvalue weighted by atomic mass is 14.9. The second-order valence-corrected chi connectivity index (χ2v) is 5.73. The minimum absolute atomic E-state index is 0.274. The normalized spacial score (nSPS) is 14.3. The van der Waals surface area contributed by atoms with Gasteiger partial charge in [0, 0.05) is 6.54 Å². The van der Waals surface area contributed by atoms with Crippen molar-refractivity contribution < 1.29 is 0 Å². The number of nitrogens with two attached hydrogens (primary N) is 1. The van der Waals surface area contributed by atoms with E-state index in [-0.39, 0.29) is 5.54 Å². The Hall–Kier alpha value is -0.860. The zero-order chi connectivity index (χ0) is 14.0. The zero-order valence-electron chi connectivity index (χ0n) is 12.6. The molecule has 1 rings (SSSR count). The lowest BCUT2D eigenvalue weighted by molar-refractivity contribution is 0.439. The summed E-state index contributed by atoms with van der Waals surface area (Å²) in [5.74, 6) is 0. The molecule has 0 radical (unpaired) electrons. The van der Waals surface area contributed by atoms with Gasteiger partial charge in [-0.3, -0.25) is 0 Å². The van der Waals surface area contributed by atoms with Gasteiger partial charge >= 0.3 is 0 Å². The van der Waals surface area contributed by atoms with E-state index in [4.69, 9.17) is 5.73 Å². The van der Waals surface area contributed by atoms with Crippen molar-refractivity contribution >= 4 is 0 Å². The van der Waals surface area contributed by atoms with Crippen molar-refractivity contribution in [1.29, 1.82) is 0 Å². The smallest absolute Gasteiger partial charge is 0.0507 e. The maximum atomic E-state index is 6.36. The predicted molar refractivity (Wildman–Crippen MR) is 84.2 cm³/mol. The molecule has 0 aliphatic heterocycles. The topological polar surface area (TPSA) is 38.0 Å². The standard InChI is InChI=1S/C17H30N2/c1-3-4-5-6-7-11-14-19-15-17(2,18)16-12-9-8-10-13-16/h8-10,12-13,19H,3-7,11,14-15,18H2,1-2H3. The summed E-state index contributed by atoms with van der Waals surface area (Å²) in [6.45, 7) is 6.27. The molecule has 0 amide bonds. The third-order valence-electron chi connectivity index (χ3n) is 3.63. The molecule has 0 saturated heterocycles. The van der Waals surface area contributed by atoms with Gasteiger partial charge in [-0.25, -0.2) is 0 Å². The minimum atomic E-state index is -0.274. The fraction of sp³-hybridized carbons (Fsp3) is 0.647. The molecule has 1 aromatic rings. The van der Waals surface area contributed by atoms with Gasteiger partial charge in [0.2, 0.25) is 0 Å². The molecule has 3 N–H and O–H groups in total. The summed E-state index contributed by atoms with van der Waals surface area (Å²) in [6, 6.07) is 10.3. The van der Waals surface area contributed by atoms with E-state index in [2.05, 4.69) is 31.3 Å². The van der Waals surface area contributed by atoms with Gasteiger partial charge in [0.15, 0.2) is 0 Å². The second kappa shape index (κ2) is 9.11. The van der Waals surface area contributed by atoms with Crippen LogP contribution in [0.5, 0.6) is 0 Å². The van der Waals surface area contributed by atoms with Crippen LogP contribution in [0.1, 0.15) is 57.9 Å². The predicted octanol–water partition coefficient (Wildman–Crippen LogP) is 3.81. The molecule has 0 aromatic heterocycles. The summed E-state index contributed by atoms with van der Waals surface area (Å²) in [5.41, 5.74) is 7.28. The maximum Gasteiger partial charge on any atom is 0.0507 e. The van der Waals surface area contributed by atoms with Crippen molar-refractivity contribution in [2.75, 3.05) is 13.1 Å². The highest BCUT2D eigenvalue weighted by Crippen LogP contribution is 2.15. The minimum Gasteiger partial charge on any atom is -0.321 e. The van der Waals surface area contributed by atoms with Crippen LogP contribution in [-0.4, -0.2) is 13.1 Å². The lowest BCUT2D eigenvalue weighted by Gasteiger charge is -2.25. The molecule has 2 nitrogen and oxygen atoms in total. The van der Waals surface area contributed by atoms with Crippen LogP contribution in [0.4, 0.5) is 0 Å². The molecule has 2 heteroatoms. The molecule has 0 fully saturated rings. The van der Waals surface area contributed by atoms with Crippen molar-refractivity contribution in [1.82, 2.24) is 5.32 Å². The third kappa shape index (κ3) is 6.74. The molecule has 0 aliphatic carbocycles. The maximum absolute atomic E-state index is 6.36. The van der Waals surface area contributed by atoms with Gasteiger partial charge in [0.1, 0.15) is 0 Å². The van der Waals surface area contributed by atoms with Gasteiger partial charge in [-0.1, -0.05) is 69.4 Å². The van der Waals surface area contributed by atoms with E-state index in [1.54, 1.807) is 0 Å². The first-order valence-electron chi connectivity index (χ1n) is 7.72. The number of nitrogens with one attached hydrogen (secondary N) is 1. The highest BCUT2D eigenvalue weighted by molar-refractivity contribution is 5.23. The van der Waals surface area contributed by atoms with E-state index in [1.165, 1.54) is 44.1 Å². The largest absolute Gasteiger partial charge is 0.321 e. The van der Waals surface area contributed by atoms with Crippen LogP contribution < -0.4 is 11.1 Å². The molecule has 1 aromatic carbocycles. The van der Waals surface area contributed by atoms with E-state index in [0.717, 1.165) is 13.1 Å². The van der Waals surface area contributed by atoms with Gasteiger partial charge < -0.3 is 11.1 Å². The van der Waals surface area contributed by atoms with Crippen LogP contribution in [0.2, 0.25) is 0 Å². The molecule has 0 bridgehead atoms. The average Bonchev–Trinajstić information content (AvgIpc) is 2.43. The molecular weight excluding hydrogens is 232 g/mol. The van der Waals surface area contributed by atoms with E-state index in [1.807, 2.05) is 18.2 Å². The van der Waals surface area contributed by atoms with E-state index in [0.29, 0.717) is 0 Å². The third-order valence-corrected chi connectivity index (χ3v) is 3.63. The van der Waals surface area contributed by atoms with Gasteiger partial charge in [-0.2, -0.15) is 0 Å². The summed E-state index contributed by atoms with van der Waals surface area (Å²) < 4.78 is 0. The second-order valence-electron chi connectivity index (χ2n) is 5.73. The SMILES string of the molecule is CCCCCCCCNCC(C)(N)c1ccccc1. The Labute approximate surface area is 118 Å². The van der Waals surface area contributed by atoms with Gasteiger partial charge in [-0.05, 0) is 25.5 Å². The Kier molecular flexibility index (Phi) is 7.76. The quantitative estimate of drug-likeness (QED) is 0.629. The fourth-order valence-corrected chi connectivity index (χ4v) is 2.30. The zero-order valence-corrected chi connectivity index (χ0v) is 12.6. The Morgan fingerprint density at radius 3 is 2.32 bits per heavy atom. The van der Waals surface area contributed by atoms with Crippen LogP contribution in [0.25, 0.3) is 0 Å². The molecular formula is C17H30N2. The molecule has 19 heavy (non-hydrogen) atoms. The highest BCUT2D eigenvalue weighted by Gasteiger charge is 2.19.